The third-order valence-electron chi connectivity index (χ3n) is 7.62. The van der Waals surface area contributed by atoms with Crippen molar-refractivity contribution in [2.45, 2.75) is 56.5 Å². The summed E-state index contributed by atoms with van der Waals surface area (Å²) in [5, 5.41) is 11.8. The van der Waals surface area contributed by atoms with Crippen LogP contribution in [0.3, 0.4) is 0 Å². The predicted molar refractivity (Wildman–Crippen MR) is 126 cm³/mol. The maximum Gasteiger partial charge on any atom is 0.407 e. The number of fused-ring (bicyclic) bond motifs is 4. The van der Waals surface area contributed by atoms with Crippen LogP contribution in [0.4, 0.5) is 4.79 Å². The van der Waals surface area contributed by atoms with Gasteiger partial charge in [0.1, 0.15) is 12.6 Å². The highest BCUT2D eigenvalue weighted by Gasteiger charge is 2.42. The minimum atomic E-state index is -0.993. The molecule has 0 radical (unpaired) electrons. The van der Waals surface area contributed by atoms with Gasteiger partial charge < -0.3 is 20.1 Å². The maximum atomic E-state index is 13.3. The lowest BCUT2D eigenvalue weighted by molar-refractivity contribution is -0.138. The molecule has 3 aliphatic rings. The minimum absolute atomic E-state index is 0.0479. The third kappa shape index (κ3) is 4.27. The Kier molecular flexibility index (Phi) is 6.26. The smallest absolute Gasteiger partial charge is 0.407 e. The third-order valence-corrected chi connectivity index (χ3v) is 7.62. The fourth-order valence-corrected chi connectivity index (χ4v) is 6.02. The molecule has 7 heteroatoms. The van der Waals surface area contributed by atoms with Gasteiger partial charge in [-0.15, -0.1) is 0 Å². The monoisotopic (exact) mass is 462 g/mol. The van der Waals surface area contributed by atoms with Crippen molar-refractivity contribution in [1.29, 1.82) is 0 Å². The second-order valence-corrected chi connectivity index (χ2v) is 9.53. The highest BCUT2D eigenvalue weighted by Crippen LogP contribution is 2.44. The fourth-order valence-electron chi connectivity index (χ4n) is 6.02. The van der Waals surface area contributed by atoms with Crippen molar-refractivity contribution in [1.82, 2.24) is 10.2 Å². The summed E-state index contributed by atoms with van der Waals surface area (Å²) >= 11 is 0. The Morgan fingerprint density at radius 1 is 1.00 bits per heavy atom. The zero-order valence-corrected chi connectivity index (χ0v) is 19.1. The topological polar surface area (TPSA) is 95.9 Å². The van der Waals surface area contributed by atoms with E-state index in [-0.39, 0.29) is 37.3 Å². The summed E-state index contributed by atoms with van der Waals surface area (Å²) in [5.41, 5.74) is 4.50. The van der Waals surface area contributed by atoms with E-state index in [1.54, 1.807) is 0 Å². The number of hydrogen-bond acceptors (Lipinski definition) is 4. The number of carbonyl (C=O) groups is 3. The molecule has 1 saturated carbocycles. The molecule has 34 heavy (non-hydrogen) atoms. The summed E-state index contributed by atoms with van der Waals surface area (Å²) in [6.07, 6.45) is 3.37. The number of nitrogens with zero attached hydrogens (tertiary/aromatic N) is 1. The van der Waals surface area contributed by atoms with Crippen LogP contribution in [-0.2, 0) is 14.3 Å². The van der Waals surface area contributed by atoms with Crippen molar-refractivity contribution < 1.29 is 24.2 Å². The first-order valence-corrected chi connectivity index (χ1v) is 12.2. The molecule has 1 aliphatic heterocycles. The highest BCUT2D eigenvalue weighted by molar-refractivity contribution is 5.87. The van der Waals surface area contributed by atoms with Crippen molar-refractivity contribution in [3.05, 3.63) is 59.7 Å². The molecule has 5 rings (SSSR count). The normalized spacial score (nSPS) is 21.5. The van der Waals surface area contributed by atoms with E-state index in [4.69, 9.17) is 9.84 Å². The van der Waals surface area contributed by atoms with Crippen LogP contribution in [0.5, 0.6) is 0 Å². The Balaban J connectivity index is 1.26. The molecule has 2 fully saturated rings. The molecule has 3 unspecified atom stereocenters. The number of amides is 2. The van der Waals surface area contributed by atoms with E-state index in [1.165, 1.54) is 0 Å². The van der Waals surface area contributed by atoms with Crippen LogP contribution in [0, 0.1) is 5.92 Å². The molecule has 178 valence electrons. The Bertz CT molecular complexity index is 1050. The van der Waals surface area contributed by atoms with Gasteiger partial charge in [0, 0.05) is 24.9 Å². The highest BCUT2D eigenvalue weighted by atomic mass is 16.5. The van der Waals surface area contributed by atoms with Crippen molar-refractivity contribution in [2.75, 3.05) is 13.2 Å². The first-order valence-electron chi connectivity index (χ1n) is 12.2. The number of hydrogen-bond donors (Lipinski definition) is 2. The SMILES string of the molecule is O=C(O)CCC(NC(=O)OCC1c2ccccc2-c2ccccc21)C(=O)N1CCC2CCCC21. The summed E-state index contributed by atoms with van der Waals surface area (Å²) in [7, 11) is 0. The Morgan fingerprint density at radius 3 is 2.35 bits per heavy atom. The van der Waals surface area contributed by atoms with Crippen molar-refractivity contribution in [3.8, 4) is 11.1 Å². The summed E-state index contributed by atoms with van der Waals surface area (Å²) in [6, 6.07) is 15.5. The van der Waals surface area contributed by atoms with Crippen molar-refractivity contribution >= 4 is 18.0 Å². The summed E-state index contributed by atoms with van der Waals surface area (Å²) < 4.78 is 5.61. The van der Waals surface area contributed by atoms with Crippen LogP contribution >= 0.6 is 0 Å². The molecular weight excluding hydrogens is 432 g/mol. The van der Waals surface area contributed by atoms with Gasteiger partial charge in [-0.2, -0.15) is 0 Å². The van der Waals surface area contributed by atoms with E-state index in [0.717, 1.165) is 47.9 Å². The summed E-state index contributed by atoms with van der Waals surface area (Å²) in [5.74, 6) is -0.737. The van der Waals surface area contributed by atoms with E-state index >= 15 is 0 Å². The predicted octanol–water partition coefficient (Wildman–Crippen LogP) is 4.16. The van der Waals surface area contributed by atoms with Crippen molar-refractivity contribution in [3.63, 3.8) is 0 Å². The molecule has 1 heterocycles. The van der Waals surface area contributed by atoms with Crippen LogP contribution in [0.25, 0.3) is 11.1 Å². The van der Waals surface area contributed by atoms with Crippen molar-refractivity contribution in [2.24, 2.45) is 5.92 Å². The van der Waals surface area contributed by atoms with Gasteiger partial charge >= 0.3 is 12.1 Å². The number of benzene rings is 2. The Hall–Kier alpha value is -3.35. The molecule has 0 aromatic heterocycles. The number of carbonyl (C=O) groups excluding carboxylic acids is 2. The molecule has 7 nitrogen and oxygen atoms in total. The number of ether oxygens (including phenoxy) is 1. The van der Waals surface area contributed by atoms with Gasteiger partial charge in [-0.3, -0.25) is 9.59 Å². The lowest BCUT2D eigenvalue weighted by Gasteiger charge is -2.28. The summed E-state index contributed by atoms with van der Waals surface area (Å²) in [4.78, 5) is 39.1. The molecule has 2 aromatic rings. The standard InChI is InChI=1S/C27H30N2O5/c30-25(31)13-12-23(26(32)29-15-14-17-6-5-11-24(17)29)28-27(33)34-16-22-20-9-3-1-7-18(20)19-8-2-4-10-21(19)22/h1-4,7-10,17,22-24H,5-6,11-16H2,(H,28,33)(H,30,31). The lowest BCUT2D eigenvalue weighted by Crippen LogP contribution is -2.50. The summed E-state index contributed by atoms with van der Waals surface area (Å²) in [6.45, 7) is 0.818. The Morgan fingerprint density at radius 2 is 1.68 bits per heavy atom. The number of likely N-dealkylation sites (tertiary alicyclic amines) is 1. The fraction of sp³-hybridized carbons (Fsp3) is 0.444. The molecule has 2 aromatic carbocycles. The number of carboxylic acids is 1. The van der Waals surface area contributed by atoms with Gasteiger partial charge in [0.25, 0.3) is 0 Å². The number of rotatable bonds is 7. The van der Waals surface area contributed by atoms with E-state index < -0.39 is 18.1 Å². The number of aliphatic carboxylic acids is 1. The first-order chi connectivity index (χ1) is 16.5. The number of nitrogens with one attached hydrogen (secondary N) is 1. The maximum absolute atomic E-state index is 13.3. The van der Waals surface area contributed by atoms with Gasteiger partial charge in [-0.25, -0.2) is 4.79 Å². The molecule has 2 aliphatic carbocycles. The average Bonchev–Trinajstić information content (AvgIpc) is 3.53. The van der Waals surface area contributed by atoms with Crippen LogP contribution in [0.2, 0.25) is 0 Å². The average molecular weight is 463 g/mol. The van der Waals surface area contributed by atoms with Crippen LogP contribution in [0.1, 0.15) is 55.6 Å². The Labute approximate surface area is 199 Å². The van der Waals surface area contributed by atoms with Crippen LogP contribution < -0.4 is 5.32 Å². The zero-order valence-electron chi connectivity index (χ0n) is 19.1. The second kappa shape index (κ2) is 9.49. The second-order valence-electron chi connectivity index (χ2n) is 9.53. The molecular formula is C27H30N2O5. The van der Waals surface area contributed by atoms with Gasteiger partial charge in [-0.05, 0) is 53.9 Å². The number of alkyl carbamates (subject to hydrolysis) is 1. The van der Waals surface area contributed by atoms with E-state index in [9.17, 15) is 14.4 Å². The van der Waals surface area contributed by atoms with E-state index in [2.05, 4.69) is 17.4 Å². The van der Waals surface area contributed by atoms with Gasteiger partial charge in [0.15, 0.2) is 0 Å². The van der Waals surface area contributed by atoms with Gasteiger partial charge in [0.2, 0.25) is 5.91 Å². The molecule has 0 bridgehead atoms. The van der Waals surface area contributed by atoms with Gasteiger partial charge in [0.05, 0.1) is 0 Å². The van der Waals surface area contributed by atoms with E-state index in [1.807, 2.05) is 41.3 Å². The number of carboxylic acid groups (broad SMARTS) is 1. The van der Waals surface area contributed by atoms with Gasteiger partial charge in [-0.1, -0.05) is 55.0 Å². The quantitative estimate of drug-likeness (QED) is 0.644. The van der Waals surface area contributed by atoms with Crippen LogP contribution in [0.15, 0.2) is 48.5 Å². The molecule has 1 saturated heterocycles. The molecule has 2 amide bonds. The molecule has 2 N–H and O–H groups in total. The zero-order chi connectivity index (χ0) is 23.7. The largest absolute Gasteiger partial charge is 0.481 e. The minimum Gasteiger partial charge on any atom is -0.481 e. The molecule has 3 atom stereocenters. The first kappa shape index (κ1) is 22.4. The molecule has 0 spiro atoms. The van der Waals surface area contributed by atoms with E-state index in [0.29, 0.717) is 12.5 Å². The lowest BCUT2D eigenvalue weighted by atomic mass is 9.98. The van der Waals surface area contributed by atoms with Crippen LogP contribution in [-0.4, -0.2) is 53.2 Å².